The molecule has 5 rings (SSSR count). The number of aromatic nitrogens is 5. The number of nitrogens with zero attached hydrogens (tertiary/aromatic N) is 5. The first kappa shape index (κ1) is 23.8. The monoisotopic (exact) mass is 487 g/mol. The maximum atomic E-state index is 10.2. The fraction of sp³-hybridized carbons (Fsp3) is 0.385. The van der Waals surface area contributed by atoms with Gasteiger partial charge in [-0.1, -0.05) is 36.3 Å². The highest BCUT2D eigenvalue weighted by molar-refractivity contribution is 5.86. The highest BCUT2D eigenvalue weighted by atomic mass is 16.6. The van der Waals surface area contributed by atoms with Gasteiger partial charge < -0.3 is 25.5 Å². The summed E-state index contributed by atoms with van der Waals surface area (Å²) in [4.78, 5) is 9.48. The van der Waals surface area contributed by atoms with Gasteiger partial charge in [0.15, 0.2) is 17.3 Å². The summed E-state index contributed by atoms with van der Waals surface area (Å²) < 4.78 is 13.3. The predicted molar refractivity (Wildman–Crippen MR) is 135 cm³/mol. The minimum Gasteiger partial charge on any atom is -0.468 e. The van der Waals surface area contributed by atoms with Gasteiger partial charge in [-0.3, -0.25) is 0 Å². The quantitative estimate of drug-likeness (QED) is 0.350. The number of imidazole rings is 1. The third-order valence-electron chi connectivity index (χ3n) is 6.08. The molecule has 10 heteroatoms. The number of nitrogen functional groups attached to an aromatic ring is 1. The Hall–Kier alpha value is -3.94. The van der Waals surface area contributed by atoms with Crippen LogP contribution < -0.4 is 15.8 Å². The van der Waals surface area contributed by atoms with Crippen molar-refractivity contribution in [1.82, 2.24) is 30.2 Å². The molecule has 1 aliphatic rings. The minimum atomic E-state index is -1.21. The second kappa shape index (κ2) is 9.60. The number of anilines is 1. The van der Waals surface area contributed by atoms with E-state index in [-0.39, 0.29) is 18.0 Å². The lowest BCUT2D eigenvalue weighted by molar-refractivity contribution is 0.143. The van der Waals surface area contributed by atoms with Gasteiger partial charge in [0.2, 0.25) is 5.88 Å². The second-order valence-electron chi connectivity index (χ2n) is 9.32. The number of aryl methyl sites for hydroxylation is 1. The largest absolute Gasteiger partial charge is 0.468 e. The van der Waals surface area contributed by atoms with Crippen molar-refractivity contribution < 1.29 is 14.5 Å². The van der Waals surface area contributed by atoms with E-state index in [0.717, 1.165) is 30.5 Å². The van der Waals surface area contributed by atoms with Crippen LogP contribution in [0.3, 0.4) is 0 Å². The Morgan fingerprint density at radius 2 is 2.08 bits per heavy atom. The molecule has 0 radical (unpaired) electrons. The normalized spacial score (nSPS) is 16.6. The Bertz CT molecular complexity index is 1420. The van der Waals surface area contributed by atoms with Gasteiger partial charge in [-0.2, -0.15) is 0 Å². The van der Waals surface area contributed by atoms with Crippen molar-refractivity contribution in [2.75, 3.05) is 12.3 Å². The zero-order valence-electron chi connectivity index (χ0n) is 20.5. The molecule has 4 aromatic rings. The van der Waals surface area contributed by atoms with E-state index in [4.69, 9.17) is 25.1 Å². The van der Waals surface area contributed by atoms with E-state index in [1.165, 1.54) is 0 Å². The predicted octanol–water partition coefficient (Wildman–Crippen LogP) is 3.08. The van der Waals surface area contributed by atoms with Gasteiger partial charge in [0.1, 0.15) is 22.9 Å². The number of hydrogen-bond acceptors (Lipinski definition) is 9. The zero-order chi connectivity index (χ0) is 25.3. The van der Waals surface area contributed by atoms with Gasteiger partial charge in [0.25, 0.3) is 0 Å². The van der Waals surface area contributed by atoms with E-state index in [9.17, 15) is 5.11 Å². The van der Waals surface area contributed by atoms with Gasteiger partial charge >= 0.3 is 0 Å². The molecule has 1 fully saturated rings. The molecule has 4 heterocycles. The number of rotatable bonds is 6. The molecule has 0 spiro atoms. The van der Waals surface area contributed by atoms with E-state index >= 15 is 0 Å². The smallest absolute Gasteiger partial charge is 0.217 e. The number of pyridine rings is 1. The number of nitrogens with one attached hydrogen (secondary N) is 1. The van der Waals surface area contributed by atoms with Gasteiger partial charge in [-0.15, -0.1) is 0 Å². The molecular weight excluding hydrogens is 458 g/mol. The standard InChI is InChI=1S/C26H29N7O3/c1-4-33-19-15-20(35-23(18-11-8-14-28-18)16-9-6-5-7-10-16)29-17(12-13-26(2,3)34)21(19)30-25(33)22-24(27)32-36-31-22/h5-7,9-10,15,18,23,28,34H,4,8,11,14H2,1-3H3,(H2,27,32)/t18-,23+/m0/s1. The second-order valence-corrected chi connectivity index (χ2v) is 9.32. The Balaban J connectivity index is 1.66. The average Bonchev–Trinajstić information content (AvgIpc) is 3.61. The Morgan fingerprint density at radius 3 is 2.72 bits per heavy atom. The van der Waals surface area contributed by atoms with Crippen molar-refractivity contribution >= 4 is 16.9 Å². The molecule has 0 bridgehead atoms. The molecule has 10 nitrogen and oxygen atoms in total. The van der Waals surface area contributed by atoms with Crippen molar-refractivity contribution in [2.24, 2.45) is 0 Å². The maximum absolute atomic E-state index is 10.2. The molecule has 0 amide bonds. The SMILES string of the molecule is CCn1c(-c2nonc2N)nc2c(C#CC(C)(C)O)nc(O[C@H](c3ccccc3)[C@@H]3CCCN3)cc21. The van der Waals surface area contributed by atoms with Crippen LogP contribution in [0.25, 0.3) is 22.6 Å². The Kier molecular flexibility index (Phi) is 6.35. The van der Waals surface area contributed by atoms with Crippen LogP contribution in [0.4, 0.5) is 5.82 Å². The molecule has 0 aliphatic carbocycles. The third-order valence-corrected chi connectivity index (χ3v) is 6.08. The van der Waals surface area contributed by atoms with Crippen molar-refractivity contribution in [3.05, 3.63) is 47.7 Å². The summed E-state index contributed by atoms with van der Waals surface area (Å²) in [6.45, 7) is 6.75. The molecule has 2 atom stereocenters. The zero-order valence-corrected chi connectivity index (χ0v) is 20.5. The van der Waals surface area contributed by atoms with Gasteiger partial charge in [0, 0.05) is 18.7 Å². The lowest BCUT2D eigenvalue weighted by Gasteiger charge is -2.25. The highest BCUT2D eigenvalue weighted by Gasteiger charge is 2.29. The van der Waals surface area contributed by atoms with E-state index in [1.807, 2.05) is 35.8 Å². The lowest BCUT2D eigenvalue weighted by atomic mass is 10.0. The van der Waals surface area contributed by atoms with Gasteiger partial charge in [-0.25, -0.2) is 14.6 Å². The summed E-state index contributed by atoms with van der Waals surface area (Å²) in [7, 11) is 0. The third kappa shape index (κ3) is 4.76. The summed E-state index contributed by atoms with van der Waals surface area (Å²) in [6.07, 6.45) is 1.86. The fourth-order valence-electron chi connectivity index (χ4n) is 4.43. The molecule has 0 saturated carbocycles. The van der Waals surface area contributed by atoms with Crippen LogP contribution >= 0.6 is 0 Å². The molecule has 3 aromatic heterocycles. The van der Waals surface area contributed by atoms with Crippen LogP contribution in [-0.4, -0.2) is 48.1 Å². The lowest BCUT2D eigenvalue weighted by Crippen LogP contribution is -2.32. The van der Waals surface area contributed by atoms with Crippen LogP contribution in [-0.2, 0) is 6.54 Å². The maximum Gasteiger partial charge on any atom is 0.217 e. The summed E-state index contributed by atoms with van der Waals surface area (Å²) in [5.74, 6) is 6.90. The molecule has 1 aromatic carbocycles. The number of benzene rings is 1. The van der Waals surface area contributed by atoms with Crippen molar-refractivity contribution in [2.45, 2.75) is 57.9 Å². The minimum absolute atomic E-state index is 0.144. The summed E-state index contributed by atoms with van der Waals surface area (Å²) in [6, 6.07) is 12.1. The van der Waals surface area contributed by atoms with E-state index in [0.29, 0.717) is 35.2 Å². The summed E-state index contributed by atoms with van der Waals surface area (Å²) in [5, 5.41) is 21.4. The summed E-state index contributed by atoms with van der Waals surface area (Å²) >= 11 is 0. The topological polar surface area (TPSA) is 137 Å². The summed E-state index contributed by atoms with van der Waals surface area (Å²) in [5.41, 5.74) is 7.87. The van der Waals surface area contributed by atoms with Gasteiger partial charge in [0.05, 0.1) is 5.52 Å². The highest BCUT2D eigenvalue weighted by Crippen LogP contribution is 2.33. The molecular formula is C26H29N7O3. The number of fused-ring (bicyclic) bond motifs is 1. The van der Waals surface area contributed by atoms with Crippen LogP contribution in [0.1, 0.15) is 51.0 Å². The van der Waals surface area contributed by atoms with E-state index in [1.54, 1.807) is 13.8 Å². The van der Waals surface area contributed by atoms with Crippen LogP contribution in [0, 0.1) is 11.8 Å². The first-order valence-electron chi connectivity index (χ1n) is 12.0. The van der Waals surface area contributed by atoms with Crippen LogP contribution in [0.5, 0.6) is 5.88 Å². The molecule has 186 valence electrons. The molecule has 1 aliphatic heterocycles. The van der Waals surface area contributed by atoms with Gasteiger partial charge in [-0.05, 0) is 62.0 Å². The number of ether oxygens (including phenoxy) is 1. The first-order valence-corrected chi connectivity index (χ1v) is 12.0. The van der Waals surface area contributed by atoms with Crippen LogP contribution in [0.2, 0.25) is 0 Å². The van der Waals surface area contributed by atoms with Crippen molar-refractivity contribution in [3.63, 3.8) is 0 Å². The van der Waals surface area contributed by atoms with Crippen molar-refractivity contribution in [1.29, 1.82) is 0 Å². The van der Waals surface area contributed by atoms with Crippen molar-refractivity contribution in [3.8, 4) is 29.2 Å². The van der Waals surface area contributed by atoms with E-state index in [2.05, 4.69) is 39.6 Å². The Morgan fingerprint density at radius 1 is 1.28 bits per heavy atom. The van der Waals surface area contributed by atoms with Crippen LogP contribution in [0.15, 0.2) is 41.0 Å². The number of nitrogens with two attached hydrogens (primary N) is 1. The number of aliphatic hydroxyl groups is 1. The Labute approximate surface area is 208 Å². The number of hydrogen-bond donors (Lipinski definition) is 3. The van der Waals surface area contributed by atoms with E-state index < -0.39 is 5.60 Å². The first-order chi connectivity index (χ1) is 17.3. The average molecular weight is 488 g/mol. The molecule has 1 saturated heterocycles. The fourth-order valence-corrected chi connectivity index (χ4v) is 4.43. The molecule has 0 unspecified atom stereocenters. The molecule has 4 N–H and O–H groups in total. The molecule has 36 heavy (non-hydrogen) atoms.